The summed E-state index contributed by atoms with van der Waals surface area (Å²) in [6.07, 6.45) is 2.48. The number of halogens is 2. The van der Waals surface area contributed by atoms with Gasteiger partial charge in [-0.1, -0.05) is 23.2 Å². The van der Waals surface area contributed by atoms with Crippen molar-refractivity contribution in [1.29, 1.82) is 0 Å². The molecule has 0 atom stereocenters. The molecule has 0 spiro atoms. The molecule has 1 heterocycles. The van der Waals surface area contributed by atoms with Gasteiger partial charge in [0.1, 0.15) is 12.7 Å². The van der Waals surface area contributed by atoms with Gasteiger partial charge in [-0.3, -0.25) is 15.0 Å². The molecule has 19 heavy (non-hydrogen) atoms. The zero-order valence-corrected chi connectivity index (χ0v) is 10.8. The van der Waals surface area contributed by atoms with Crippen molar-refractivity contribution in [2.24, 2.45) is 0 Å². The lowest BCUT2D eigenvalue weighted by molar-refractivity contribution is -0.133. The minimum Gasteiger partial charge on any atom is -0.318 e. The van der Waals surface area contributed by atoms with Crippen LogP contribution in [-0.4, -0.2) is 26.7 Å². The minimum atomic E-state index is -0.870. The van der Waals surface area contributed by atoms with E-state index in [9.17, 15) is 9.59 Å². The first-order chi connectivity index (χ1) is 9.06. The van der Waals surface area contributed by atoms with Crippen molar-refractivity contribution in [2.45, 2.75) is 0 Å². The number of anilines is 1. The molecule has 2 N–H and O–H groups in total. The predicted molar refractivity (Wildman–Crippen MR) is 69.5 cm³/mol. The van der Waals surface area contributed by atoms with E-state index in [0.29, 0.717) is 10.7 Å². The molecule has 7 nitrogen and oxygen atoms in total. The molecule has 9 heteroatoms. The van der Waals surface area contributed by atoms with Crippen molar-refractivity contribution >= 4 is 40.7 Å². The summed E-state index contributed by atoms with van der Waals surface area (Å²) in [5, 5.41) is 9.95. The van der Waals surface area contributed by atoms with E-state index in [2.05, 4.69) is 20.9 Å². The Balaban J connectivity index is 2.00. The second kappa shape index (κ2) is 5.68. The molecule has 2 amide bonds. The number of hydrogen-bond acceptors (Lipinski definition) is 4. The number of benzene rings is 1. The molecule has 0 saturated carbocycles. The molecular weight excluding hydrogens is 293 g/mol. The highest BCUT2D eigenvalue weighted by Crippen LogP contribution is 2.24. The van der Waals surface area contributed by atoms with Gasteiger partial charge in [0.25, 0.3) is 0 Å². The number of amides is 2. The number of nitrogens with one attached hydrogen (secondary N) is 2. The number of aromatic nitrogens is 3. The Hall–Kier alpha value is -2.12. The molecule has 0 fully saturated rings. The first-order valence-corrected chi connectivity index (χ1v) is 5.74. The van der Waals surface area contributed by atoms with Gasteiger partial charge in [0.05, 0.1) is 10.0 Å². The summed E-state index contributed by atoms with van der Waals surface area (Å²) >= 11 is 11.5. The highest BCUT2D eigenvalue weighted by Gasteiger charge is 2.14. The van der Waals surface area contributed by atoms with Crippen LogP contribution in [0.1, 0.15) is 0 Å². The Morgan fingerprint density at radius 2 is 1.74 bits per heavy atom. The smallest absolute Gasteiger partial charge is 0.318 e. The Labute approximate surface area is 117 Å². The number of carbonyl (C=O) groups excluding carboxylic acids is 2. The lowest BCUT2D eigenvalue weighted by atomic mass is 10.3. The van der Waals surface area contributed by atoms with Crippen LogP contribution < -0.4 is 10.7 Å². The van der Waals surface area contributed by atoms with Crippen molar-refractivity contribution < 1.29 is 9.59 Å². The molecule has 0 aliphatic heterocycles. The number of carbonyl (C=O) groups is 2. The van der Waals surface area contributed by atoms with Crippen LogP contribution in [0.4, 0.5) is 5.69 Å². The normalized spacial score (nSPS) is 10.0. The van der Waals surface area contributed by atoms with Gasteiger partial charge in [-0.2, -0.15) is 0 Å². The lowest BCUT2D eigenvalue weighted by Gasteiger charge is -2.06. The quantitative estimate of drug-likeness (QED) is 0.818. The molecule has 1 aromatic carbocycles. The van der Waals surface area contributed by atoms with Gasteiger partial charge in [0.15, 0.2) is 0 Å². The van der Waals surface area contributed by atoms with Crippen LogP contribution in [0.3, 0.4) is 0 Å². The summed E-state index contributed by atoms with van der Waals surface area (Å²) in [4.78, 5) is 23.1. The highest BCUT2D eigenvalue weighted by atomic mass is 35.5. The van der Waals surface area contributed by atoms with Gasteiger partial charge in [-0.25, -0.2) is 4.68 Å². The Morgan fingerprint density at radius 1 is 1.05 bits per heavy atom. The fraction of sp³-hybridized carbons (Fsp3) is 0. The van der Waals surface area contributed by atoms with Crippen LogP contribution in [0.25, 0.3) is 0 Å². The van der Waals surface area contributed by atoms with Gasteiger partial charge in [0.2, 0.25) is 0 Å². The molecule has 2 rings (SSSR count). The van der Waals surface area contributed by atoms with E-state index in [1.54, 1.807) is 0 Å². The SMILES string of the molecule is O=C(Nc1ccc(Cl)c(Cl)c1)C(=O)Nn1cnnc1. The zero-order valence-electron chi connectivity index (χ0n) is 9.30. The van der Waals surface area contributed by atoms with Crippen molar-refractivity contribution in [1.82, 2.24) is 14.9 Å². The Kier molecular flexibility index (Phi) is 3.98. The molecule has 1 aromatic heterocycles. The highest BCUT2D eigenvalue weighted by molar-refractivity contribution is 6.43. The fourth-order valence-electron chi connectivity index (χ4n) is 1.19. The standard InChI is InChI=1S/C10H7Cl2N5O2/c11-7-2-1-6(3-8(7)12)15-9(18)10(19)16-17-4-13-14-5-17/h1-5H,(H,15,18)(H,16,19). The maximum absolute atomic E-state index is 11.6. The Morgan fingerprint density at radius 3 is 2.37 bits per heavy atom. The van der Waals surface area contributed by atoms with E-state index in [-0.39, 0.29) is 5.02 Å². The molecule has 0 radical (unpaired) electrons. The zero-order chi connectivity index (χ0) is 13.8. The molecule has 0 saturated heterocycles. The van der Waals surface area contributed by atoms with Crippen LogP contribution in [0, 0.1) is 0 Å². The van der Waals surface area contributed by atoms with Gasteiger partial charge in [-0.05, 0) is 18.2 Å². The molecule has 0 aliphatic rings. The van der Waals surface area contributed by atoms with Crippen molar-refractivity contribution in [2.75, 3.05) is 10.7 Å². The van der Waals surface area contributed by atoms with E-state index in [4.69, 9.17) is 23.2 Å². The van der Waals surface area contributed by atoms with E-state index in [1.807, 2.05) is 0 Å². The van der Waals surface area contributed by atoms with Crippen LogP contribution in [-0.2, 0) is 9.59 Å². The monoisotopic (exact) mass is 299 g/mol. The van der Waals surface area contributed by atoms with E-state index in [0.717, 1.165) is 4.68 Å². The first-order valence-electron chi connectivity index (χ1n) is 4.98. The third-order valence-electron chi connectivity index (χ3n) is 2.03. The second-order valence-corrected chi connectivity index (χ2v) is 4.21. The molecule has 2 aromatic rings. The van der Waals surface area contributed by atoms with E-state index < -0.39 is 11.8 Å². The third kappa shape index (κ3) is 3.43. The maximum Gasteiger partial charge on any atom is 0.328 e. The maximum atomic E-state index is 11.6. The molecule has 0 bridgehead atoms. The van der Waals surface area contributed by atoms with Gasteiger partial charge in [-0.15, -0.1) is 10.2 Å². The predicted octanol–water partition coefficient (Wildman–Crippen LogP) is 1.29. The average molecular weight is 300 g/mol. The van der Waals surface area contributed by atoms with Crippen LogP contribution in [0.2, 0.25) is 10.0 Å². The third-order valence-corrected chi connectivity index (χ3v) is 2.77. The summed E-state index contributed by atoms with van der Waals surface area (Å²) in [6.45, 7) is 0. The molecule has 0 aliphatic carbocycles. The number of hydrogen-bond donors (Lipinski definition) is 2. The van der Waals surface area contributed by atoms with E-state index >= 15 is 0 Å². The number of rotatable bonds is 2. The van der Waals surface area contributed by atoms with E-state index in [1.165, 1.54) is 30.9 Å². The van der Waals surface area contributed by atoms with Crippen LogP contribution in [0.5, 0.6) is 0 Å². The summed E-state index contributed by atoms with van der Waals surface area (Å²) in [5.74, 6) is -1.72. The van der Waals surface area contributed by atoms with Crippen LogP contribution in [0.15, 0.2) is 30.9 Å². The largest absolute Gasteiger partial charge is 0.328 e. The Bertz CT molecular complexity index is 614. The summed E-state index contributed by atoms with van der Waals surface area (Å²) in [6, 6.07) is 4.48. The average Bonchev–Trinajstić information content (AvgIpc) is 2.86. The van der Waals surface area contributed by atoms with Gasteiger partial charge < -0.3 is 5.32 Å². The van der Waals surface area contributed by atoms with Crippen molar-refractivity contribution in [3.05, 3.63) is 40.9 Å². The minimum absolute atomic E-state index is 0.277. The summed E-state index contributed by atoms with van der Waals surface area (Å²) in [5.41, 5.74) is 2.61. The second-order valence-electron chi connectivity index (χ2n) is 3.39. The summed E-state index contributed by atoms with van der Waals surface area (Å²) in [7, 11) is 0. The molecule has 0 unspecified atom stereocenters. The van der Waals surface area contributed by atoms with Crippen molar-refractivity contribution in [3.8, 4) is 0 Å². The van der Waals surface area contributed by atoms with Gasteiger partial charge >= 0.3 is 11.8 Å². The topological polar surface area (TPSA) is 88.9 Å². The number of nitrogens with zero attached hydrogens (tertiary/aromatic N) is 3. The summed E-state index contributed by atoms with van der Waals surface area (Å²) < 4.78 is 1.15. The fourth-order valence-corrected chi connectivity index (χ4v) is 1.49. The molecule has 98 valence electrons. The first kappa shape index (κ1) is 13.3. The van der Waals surface area contributed by atoms with Crippen molar-refractivity contribution in [3.63, 3.8) is 0 Å². The molecular formula is C10H7Cl2N5O2. The lowest BCUT2D eigenvalue weighted by Crippen LogP contribution is -2.33. The van der Waals surface area contributed by atoms with Gasteiger partial charge in [0, 0.05) is 5.69 Å². The van der Waals surface area contributed by atoms with Crippen LogP contribution >= 0.6 is 23.2 Å².